The predicted octanol–water partition coefficient (Wildman–Crippen LogP) is 1.85. The minimum Gasteiger partial charge on any atom is -0.328 e. The van der Waals surface area contributed by atoms with Crippen molar-refractivity contribution in [3.63, 3.8) is 0 Å². The normalized spacial score (nSPS) is 22.2. The first kappa shape index (κ1) is 16.3. The maximum atomic E-state index is 13.7. The molecule has 0 saturated carbocycles. The van der Waals surface area contributed by atoms with Gasteiger partial charge in [0, 0.05) is 25.2 Å². The van der Waals surface area contributed by atoms with Gasteiger partial charge in [-0.1, -0.05) is 0 Å². The van der Waals surface area contributed by atoms with E-state index in [0.29, 0.717) is 12.5 Å². The Balaban J connectivity index is 2.36. The third-order valence-electron chi connectivity index (χ3n) is 3.76. The van der Waals surface area contributed by atoms with Gasteiger partial charge in [0.2, 0.25) is 10.0 Å². The van der Waals surface area contributed by atoms with Crippen LogP contribution in [0.15, 0.2) is 17.0 Å². The Morgan fingerprint density at radius 1 is 1.24 bits per heavy atom. The highest BCUT2D eigenvalue weighted by molar-refractivity contribution is 7.89. The monoisotopic (exact) mass is 322 g/mol. The van der Waals surface area contributed by atoms with Crippen LogP contribution in [0.4, 0.5) is 13.2 Å². The molecule has 1 aliphatic heterocycles. The number of hydrogen-bond acceptors (Lipinski definition) is 3. The fraction of sp³-hybridized carbons (Fsp3) is 0.538. The van der Waals surface area contributed by atoms with E-state index in [0.717, 1.165) is 10.7 Å². The zero-order chi connectivity index (χ0) is 15.8. The largest absolute Gasteiger partial charge is 0.328 e. The van der Waals surface area contributed by atoms with Crippen LogP contribution < -0.4 is 5.73 Å². The standard InChI is InChI=1S/C13H17F3N2O2S/c1-8(17)9-3-2-4-18(7-9)21(19,20)13-6-11(15)10(14)5-12(13)16/h5-6,8-9H,2-4,7,17H2,1H3/t8-,9-/m1/s1. The van der Waals surface area contributed by atoms with Crippen molar-refractivity contribution in [1.82, 2.24) is 4.31 Å². The molecule has 1 aromatic carbocycles. The Labute approximate surface area is 121 Å². The van der Waals surface area contributed by atoms with Crippen LogP contribution in [0, 0.1) is 23.4 Å². The molecular formula is C13H17F3N2O2S. The smallest absolute Gasteiger partial charge is 0.246 e. The molecule has 1 aromatic rings. The van der Waals surface area contributed by atoms with Gasteiger partial charge in [-0.2, -0.15) is 4.31 Å². The van der Waals surface area contributed by atoms with Crippen LogP contribution >= 0.6 is 0 Å². The third-order valence-corrected chi connectivity index (χ3v) is 5.64. The fourth-order valence-corrected chi connectivity index (χ4v) is 4.06. The molecular weight excluding hydrogens is 305 g/mol. The Hall–Kier alpha value is -1.12. The molecule has 0 spiro atoms. The van der Waals surface area contributed by atoms with Crippen LogP contribution in [0.1, 0.15) is 19.8 Å². The van der Waals surface area contributed by atoms with E-state index in [1.54, 1.807) is 6.92 Å². The number of piperidine rings is 1. The summed E-state index contributed by atoms with van der Waals surface area (Å²) in [5.41, 5.74) is 5.78. The summed E-state index contributed by atoms with van der Waals surface area (Å²) in [4.78, 5) is -0.841. The van der Waals surface area contributed by atoms with Crippen LogP contribution in [-0.2, 0) is 10.0 Å². The molecule has 2 N–H and O–H groups in total. The molecule has 0 aliphatic carbocycles. The van der Waals surface area contributed by atoms with Gasteiger partial charge in [0.25, 0.3) is 0 Å². The van der Waals surface area contributed by atoms with Crippen molar-refractivity contribution in [2.75, 3.05) is 13.1 Å². The average Bonchev–Trinajstić information content (AvgIpc) is 2.42. The maximum Gasteiger partial charge on any atom is 0.246 e. The van der Waals surface area contributed by atoms with Crippen LogP contribution in [0.25, 0.3) is 0 Å². The molecule has 118 valence electrons. The summed E-state index contributed by atoms with van der Waals surface area (Å²) in [6.07, 6.45) is 1.38. The highest BCUT2D eigenvalue weighted by Gasteiger charge is 2.33. The number of nitrogens with two attached hydrogens (primary N) is 1. The first-order chi connectivity index (χ1) is 9.73. The fourth-order valence-electron chi connectivity index (χ4n) is 2.46. The SMILES string of the molecule is C[C@@H](N)[C@@H]1CCCN(S(=O)(=O)c2cc(F)c(F)cc2F)C1. The molecule has 2 rings (SSSR count). The van der Waals surface area contributed by atoms with Gasteiger partial charge < -0.3 is 5.73 Å². The molecule has 1 aliphatic rings. The Kier molecular flexibility index (Phi) is 4.60. The van der Waals surface area contributed by atoms with Crippen LogP contribution in [0.5, 0.6) is 0 Å². The predicted molar refractivity (Wildman–Crippen MR) is 71.4 cm³/mol. The van der Waals surface area contributed by atoms with E-state index in [9.17, 15) is 21.6 Å². The van der Waals surface area contributed by atoms with E-state index in [1.807, 2.05) is 0 Å². The lowest BCUT2D eigenvalue weighted by Gasteiger charge is -2.33. The molecule has 4 nitrogen and oxygen atoms in total. The zero-order valence-corrected chi connectivity index (χ0v) is 12.3. The third kappa shape index (κ3) is 3.22. The number of hydrogen-bond donors (Lipinski definition) is 1. The lowest BCUT2D eigenvalue weighted by Crippen LogP contribution is -2.45. The summed E-state index contributed by atoms with van der Waals surface area (Å²) >= 11 is 0. The average molecular weight is 322 g/mol. The molecule has 1 fully saturated rings. The van der Waals surface area contributed by atoms with Crippen LogP contribution in [0.2, 0.25) is 0 Å². The lowest BCUT2D eigenvalue weighted by molar-refractivity contribution is 0.242. The molecule has 2 atom stereocenters. The molecule has 1 heterocycles. The van der Waals surface area contributed by atoms with Gasteiger partial charge in [-0.3, -0.25) is 0 Å². The highest BCUT2D eigenvalue weighted by Crippen LogP contribution is 2.27. The van der Waals surface area contributed by atoms with E-state index < -0.39 is 32.4 Å². The Morgan fingerprint density at radius 2 is 1.86 bits per heavy atom. The second-order valence-corrected chi connectivity index (χ2v) is 7.23. The lowest BCUT2D eigenvalue weighted by atomic mass is 9.93. The minimum atomic E-state index is -4.20. The first-order valence-corrected chi connectivity index (χ1v) is 8.07. The zero-order valence-electron chi connectivity index (χ0n) is 11.5. The topological polar surface area (TPSA) is 63.4 Å². The van der Waals surface area contributed by atoms with E-state index in [1.165, 1.54) is 0 Å². The van der Waals surface area contributed by atoms with Crippen molar-refractivity contribution in [1.29, 1.82) is 0 Å². The van der Waals surface area contributed by atoms with Gasteiger partial charge >= 0.3 is 0 Å². The van der Waals surface area contributed by atoms with E-state index in [-0.39, 0.29) is 31.1 Å². The van der Waals surface area contributed by atoms with E-state index >= 15 is 0 Å². The van der Waals surface area contributed by atoms with Gasteiger partial charge in [0.1, 0.15) is 10.7 Å². The molecule has 0 amide bonds. The summed E-state index contributed by atoms with van der Waals surface area (Å²) < 4.78 is 65.7. The van der Waals surface area contributed by atoms with Crippen molar-refractivity contribution < 1.29 is 21.6 Å². The van der Waals surface area contributed by atoms with E-state index in [4.69, 9.17) is 5.73 Å². The second kappa shape index (κ2) is 5.94. The summed E-state index contributed by atoms with van der Waals surface area (Å²) in [7, 11) is -4.20. The van der Waals surface area contributed by atoms with Crippen LogP contribution in [-0.4, -0.2) is 31.9 Å². The number of sulfonamides is 1. The Morgan fingerprint density at radius 3 is 2.48 bits per heavy atom. The molecule has 0 radical (unpaired) electrons. The van der Waals surface area contributed by atoms with Gasteiger partial charge in [-0.05, 0) is 31.7 Å². The summed E-state index contributed by atoms with van der Waals surface area (Å²) in [5, 5.41) is 0. The van der Waals surface area contributed by atoms with Gasteiger partial charge in [-0.25, -0.2) is 21.6 Å². The first-order valence-electron chi connectivity index (χ1n) is 6.63. The van der Waals surface area contributed by atoms with Gasteiger partial charge in [0.05, 0.1) is 0 Å². The summed E-state index contributed by atoms with van der Waals surface area (Å²) in [5.74, 6) is -4.15. The minimum absolute atomic E-state index is 0.0399. The molecule has 0 aromatic heterocycles. The number of nitrogens with zero attached hydrogens (tertiary/aromatic N) is 1. The number of rotatable bonds is 3. The summed E-state index contributed by atoms with van der Waals surface area (Å²) in [6.45, 7) is 2.14. The van der Waals surface area contributed by atoms with Crippen molar-refractivity contribution in [3.05, 3.63) is 29.6 Å². The number of benzene rings is 1. The van der Waals surface area contributed by atoms with Crippen molar-refractivity contribution in [2.45, 2.75) is 30.7 Å². The molecule has 0 bridgehead atoms. The molecule has 21 heavy (non-hydrogen) atoms. The maximum absolute atomic E-state index is 13.7. The van der Waals surface area contributed by atoms with Crippen molar-refractivity contribution in [3.8, 4) is 0 Å². The van der Waals surface area contributed by atoms with Gasteiger partial charge in [-0.15, -0.1) is 0 Å². The van der Waals surface area contributed by atoms with Crippen LogP contribution in [0.3, 0.4) is 0 Å². The van der Waals surface area contributed by atoms with Gasteiger partial charge in [0.15, 0.2) is 11.6 Å². The van der Waals surface area contributed by atoms with Crippen molar-refractivity contribution >= 4 is 10.0 Å². The number of halogens is 3. The summed E-state index contributed by atoms with van der Waals surface area (Å²) in [6, 6.07) is 0.433. The van der Waals surface area contributed by atoms with Crippen molar-refractivity contribution in [2.24, 2.45) is 11.7 Å². The second-order valence-electron chi connectivity index (χ2n) is 5.32. The quantitative estimate of drug-likeness (QED) is 0.864. The van der Waals surface area contributed by atoms with E-state index in [2.05, 4.69) is 0 Å². The Bertz CT molecular complexity index is 635. The molecule has 1 saturated heterocycles. The highest BCUT2D eigenvalue weighted by atomic mass is 32.2. The molecule has 0 unspecified atom stereocenters. The molecule has 8 heteroatoms.